The summed E-state index contributed by atoms with van der Waals surface area (Å²) in [5.41, 5.74) is 1.52. The minimum absolute atomic E-state index is 0.130. The zero-order valence-electron chi connectivity index (χ0n) is 21.9. The first kappa shape index (κ1) is 28.1. The van der Waals surface area contributed by atoms with E-state index in [2.05, 4.69) is 20.4 Å². The van der Waals surface area contributed by atoms with Gasteiger partial charge in [0.25, 0.3) is 0 Å². The summed E-state index contributed by atoms with van der Waals surface area (Å²) in [6.07, 6.45) is 3.90. The van der Waals surface area contributed by atoms with Crippen LogP contribution in [-0.2, 0) is 14.3 Å². The highest BCUT2D eigenvalue weighted by atomic mass is 35.5. The average molecular weight is 586 g/mol. The topological polar surface area (TPSA) is 126 Å². The predicted molar refractivity (Wildman–Crippen MR) is 146 cm³/mol. The van der Waals surface area contributed by atoms with Crippen LogP contribution in [0.4, 0.5) is 29.7 Å². The number of methoxy groups -OCH3 is 1. The molecule has 5 rings (SSSR count). The Hall–Kier alpha value is -4.45. The van der Waals surface area contributed by atoms with E-state index in [4.69, 9.17) is 21.3 Å². The molecular weight excluding hydrogens is 560 g/mol. The number of ether oxygens (including phenoxy) is 2. The zero-order chi connectivity index (χ0) is 29.1. The van der Waals surface area contributed by atoms with Gasteiger partial charge in [0.1, 0.15) is 17.7 Å². The molecular formula is C28H26ClF2N5O5. The van der Waals surface area contributed by atoms with Crippen molar-refractivity contribution >= 4 is 41.1 Å². The molecule has 3 N–H and O–H groups in total. The molecule has 13 heteroatoms. The van der Waals surface area contributed by atoms with Gasteiger partial charge in [-0.1, -0.05) is 23.8 Å². The van der Waals surface area contributed by atoms with Crippen LogP contribution in [-0.4, -0.2) is 46.6 Å². The van der Waals surface area contributed by atoms with E-state index in [0.29, 0.717) is 41.3 Å². The number of nitrogens with one attached hydrogen (secondary N) is 3. The van der Waals surface area contributed by atoms with E-state index in [9.17, 15) is 23.2 Å². The number of anilines is 2. The number of hydrogen-bond acceptors (Lipinski definition) is 6. The van der Waals surface area contributed by atoms with E-state index in [1.54, 1.807) is 24.4 Å². The maximum absolute atomic E-state index is 14.6. The molecule has 1 saturated heterocycles. The third-order valence-electron chi connectivity index (χ3n) is 6.87. The number of amides is 3. The summed E-state index contributed by atoms with van der Waals surface area (Å²) in [5.74, 6) is -1.58. The number of allylic oxidation sites excluding steroid dienone is 1. The summed E-state index contributed by atoms with van der Waals surface area (Å²) in [4.78, 5) is 46.8. The quantitative estimate of drug-likeness (QED) is 0.238. The number of imidazole rings is 1. The fourth-order valence-corrected chi connectivity index (χ4v) is 5.00. The number of hydrogen-bond donors (Lipinski definition) is 3. The first-order chi connectivity index (χ1) is 19.7. The van der Waals surface area contributed by atoms with Crippen molar-refractivity contribution in [2.24, 2.45) is 0 Å². The Morgan fingerprint density at radius 1 is 1.22 bits per heavy atom. The number of nitrogens with zero attached hydrogens (tertiary/aromatic N) is 2. The van der Waals surface area contributed by atoms with Crippen molar-refractivity contribution < 1.29 is 32.6 Å². The van der Waals surface area contributed by atoms with Crippen LogP contribution >= 0.6 is 11.6 Å². The Morgan fingerprint density at radius 3 is 2.83 bits per heavy atom. The number of aromatic amines is 1. The average Bonchev–Trinajstić information content (AvgIpc) is 3.43. The van der Waals surface area contributed by atoms with E-state index in [1.165, 1.54) is 12.0 Å². The van der Waals surface area contributed by atoms with Gasteiger partial charge in [-0.3, -0.25) is 15.0 Å². The molecule has 0 spiro atoms. The second-order valence-corrected chi connectivity index (χ2v) is 9.88. The largest absolute Gasteiger partial charge is 0.453 e. The van der Waals surface area contributed by atoms with Crippen molar-refractivity contribution in [3.05, 3.63) is 76.7 Å². The number of carbonyl (C=O) groups is 3. The zero-order valence-corrected chi connectivity index (χ0v) is 22.6. The molecule has 10 nitrogen and oxygen atoms in total. The van der Waals surface area contributed by atoms with Crippen LogP contribution in [0.3, 0.4) is 0 Å². The van der Waals surface area contributed by atoms with E-state index in [1.807, 2.05) is 12.2 Å². The molecule has 3 aromatic rings. The molecule has 2 aromatic carbocycles. The molecule has 3 heterocycles. The maximum Gasteiger partial charge on any atom is 0.411 e. The maximum atomic E-state index is 14.6. The SMILES string of the molecule is COC(=O)Nc1ccc2c(c1)NC(=O)CC/C=C/C[C@H](N1CC[C@H](c3c(F)ccc(Cl)c3F)OC1=O)c1nc-2c[nH]1. The van der Waals surface area contributed by atoms with Gasteiger partial charge in [0, 0.05) is 36.8 Å². The molecule has 0 aliphatic carbocycles. The van der Waals surface area contributed by atoms with Gasteiger partial charge in [0.2, 0.25) is 5.91 Å². The van der Waals surface area contributed by atoms with E-state index < -0.39 is 36.0 Å². The van der Waals surface area contributed by atoms with Crippen LogP contribution in [0.1, 0.15) is 49.2 Å². The molecule has 0 unspecified atom stereocenters. The molecule has 3 amide bonds. The minimum Gasteiger partial charge on any atom is -0.453 e. The molecule has 2 aliphatic rings. The number of carbonyl (C=O) groups excluding carboxylic acids is 3. The minimum atomic E-state index is -1.13. The number of rotatable bonds is 3. The monoisotopic (exact) mass is 585 g/mol. The number of benzene rings is 2. The number of aromatic nitrogens is 2. The molecule has 1 fully saturated rings. The molecule has 214 valence electrons. The molecule has 41 heavy (non-hydrogen) atoms. The van der Waals surface area contributed by atoms with Gasteiger partial charge in [0.05, 0.1) is 35.1 Å². The van der Waals surface area contributed by atoms with E-state index in [-0.39, 0.29) is 35.9 Å². The van der Waals surface area contributed by atoms with Gasteiger partial charge >= 0.3 is 12.2 Å². The standard InChI is InChI=1S/C28H26ClF2N5O5/c1-40-27(38)33-15-7-8-16-19(13-15)34-23(37)6-4-2-3-5-21(26-32-14-20(16)35-26)36-12-11-22(41-28(36)39)24-18(30)10-9-17(29)25(24)31/h2-3,7-10,13-14,21-22H,4-6,11-12H2,1H3,(H,32,35)(H,33,38)(H,34,37)/b3-2+/t21-,22+/m0/s1. The Kier molecular flexibility index (Phi) is 8.20. The van der Waals surface area contributed by atoms with Crippen LogP contribution in [0.25, 0.3) is 11.3 Å². The first-order valence-electron chi connectivity index (χ1n) is 12.9. The normalized spacial score (nSPS) is 20.0. The van der Waals surface area contributed by atoms with Crippen LogP contribution in [0.2, 0.25) is 5.02 Å². The lowest BCUT2D eigenvalue weighted by molar-refractivity contribution is -0.116. The van der Waals surface area contributed by atoms with Gasteiger partial charge in [-0.25, -0.2) is 23.4 Å². The van der Waals surface area contributed by atoms with E-state index >= 15 is 0 Å². The van der Waals surface area contributed by atoms with Crippen molar-refractivity contribution in [3.63, 3.8) is 0 Å². The lowest BCUT2D eigenvalue weighted by Crippen LogP contribution is -2.42. The number of halogens is 3. The summed E-state index contributed by atoms with van der Waals surface area (Å²) >= 11 is 5.84. The Balaban J connectivity index is 1.44. The third kappa shape index (κ3) is 6.02. The smallest absolute Gasteiger partial charge is 0.411 e. The van der Waals surface area contributed by atoms with Crippen molar-refractivity contribution in [1.29, 1.82) is 0 Å². The van der Waals surface area contributed by atoms with Gasteiger partial charge in [-0.05, 0) is 43.2 Å². The molecule has 2 bridgehead atoms. The van der Waals surface area contributed by atoms with Crippen LogP contribution < -0.4 is 10.6 Å². The van der Waals surface area contributed by atoms with Crippen molar-refractivity contribution in [3.8, 4) is 11.3 Å². The lowest BCUT2D eigenvalue weighted by Gasteiger charge is -2.36. The third-order valence-corrected chi connectivity index (χ3v) is 7.16. The number of cyclic esters (lactones) is 1. The molecule has 0 saturated carbocycles. The van der Waals surface area contributed by atoms with Gasteiger partial charge < -0.3 is 19.8 Å². The van der Waals surface area contributed by atoms with Gasteiger partial charge in [0.15, 0.2) is 5.82 Å². The van der Waals surface area contributed by atoms with Gasteiger partial charge in [-0.15, -0.1) is 0 Å². The van der Waals surface area contributed by atoms with Crippen molar-refractivity contribution in [1.82, 2.24) is 14.9 Å². The summed E-state index contributed by atoms with van der Waals surface area (Å²) in [5, 5.41) is 5.18. The summed E-state index contributed by atoms with van der Waals surface area (Å²) in [6, 6.07) is 6.50. The van der Waals surface area contributed by atoms with Crippen LogP contribution in [0.15, 0.2) is 48.7 Å². The van der Waals surface area contributed by atoms with Crippen molar-refractivity contribution in [2.45, 2.75) is 37.8 Å². The highest BCUT2D eigenvalue weighted by molar-refractivity contribution is 6.30. The van der Waals surface area contributed by atoms with Crippen molar-refractivity contribution in [2.75, 3.05) is 24.3 Å². The van der Waals surface area contributed by atoms with Crippen LogP contribution in [0, 0.1) is 11.6 Å². The summed E-state index contributed by atoms with van der Waals surface area (Å²) < 4.78 is 39.2. The lowest BCUT2D eigenvalue weighted by atomic mass is 10.0. The highest BCUT2D eigenvalue weighted by Crippen LogP contribution is 2.38. The number of H-pyrrole nitrogens is 1. The summed E-state index contributed by atoms with van der Waals surface area (Å²) in [7, 11) is 1.25. The first-order valence-corrected chi connectivity index (χ1v) is 13.2. The Labute approximate surface area is 238 Å². The molecule has 2 atom stereocenters. The molecule has 1 aromatic heterocycles. The Bertz CT molecular complexity index is 1530. The van der Waals surface area contributed by atoms with Crippen LogP contribution in [0.5, 0.6) is 0 Å². The predicted octanol–water partition coefficient (Wildman–Crippen LogP) is 6.49. The van der Waals surface area contributed by atoms with E-state index in [0.717, 1.165) is 12.1 Å². The number of fused-ring (bicyclic) bond motifs is 4. The highest BCUT2D eigenvalue weighted by Gasteiger charge is 2.37. The molecule has 0 radical (unpaired) electrons. The summed E-state index contributed by atoms with van der Waals surface area (Å²) in [6.45, 7) is 0.141. The second kappa shape index (κ2) is 12.0. The Morgan fingerprint density at radius 2 is 2.05 bits per heavy atom. The fourth-order valence-electron chi connectivity index (χ4n) is 4.84. The fraction of sp³-hybridized carbons (Fsp3) is 0.286. The molecule has 2 aliphatic heterocycles. The second-order valence-electron chi connectivity index (χ2n) is 9.47. The van der Waals surface area contributed by atoms with Gasteiger partial charge in [-0.2, -0.15) is 0 Å².